The molecule has 0 aromatic heterocycles. The van der Waals surface area contributed by atoms with E-state index < -0.39 is 0 Å². The van der Waals surface area contributed by atoms with Crippen LogP contribution < -0.4 is 0 Å². The van der Waals surface area contributed by atoms with Gasteiger partial charge in [-0.3, -0.25) is 9.59 Å². The van der Waals surface area contributed by atoms with Gasteiger partial charge in [0.25, 0.3) is 0 Å². The van der Waals surface area contributed by atoms with Gasteiger partial charge in [0.1, 0.15) is 0 Å². The second-order valence-electron chi connectivity index (χ2n) is 5.99. The van der Waals surface area contributed by atoms with Gasteiger partial charge in [-0.1, -0.05) is 59.7 Å². The van der Waals surface area contributed by atoms with Crippen molar-refractivity contribution in [3.63, 3.8) is 0 Å². The van der Waals surface area contributed by atoms with E-state index in [-0.39, 0.29) is 0 Å². The molecule has 0 aliphatic heterocycles. The fourth-order valence-corrected chi connectivity index (χ4v) is 2.79. The van der Waals surface area contributed by atoms with Crippen LogP contribution in [0.3, 0.4) is 0 Å². The Hall–Kier alpha value is -3.00. The lowest BCUT2D eigenvalue weighted by atomic mass is 9.91. The number of carbonyl (C=O) groups is 2. The lowest BCUT2D eigenvalue weighted by molar-refractivity contribution is 0.111. The smallest absolute Gasteiger partial charge is 0.150 e. The summed E-state index contributed by atoms with van der Waals surface area (Å²) in [5.74, 6) is 0. The molecule has 3 aromatic carbocycles. The van der Waals surface area contributed by atoms with E-state index in [2.05, 4.69) is 0 Å². The second-order valence-corrected chi connectivity index (χ2v) is 5.99. The highest BCUT2D eigenvalue weighted by molar-refractivity contribution is 5.97. The van der Waals surface area contributed by atoms with Crippen LogP contribution in [-0.4, -0.2) is 12.6 Å². The maximum absolute atomic E-state index is 11.6. The molecule has 2 nitrogen and oxygen atoms in total. The molecule has 0 saturated heterocycles. The molecule has 0 radical (unpaired) electrons. The number of hydrogen-bond acceptors (Lipinski definition) is 2. The summed E-state index contributed by atoms with van der Waals surface area (Å²) in [5.41, 5.74) is 6.89. The lowest BCUT2D eigenvalue weighted by Crippen LogP contribution is -1.95. The van der Waals surface area contributed by atoms with Crippen molar-refractivity contribution in [3.05, 3.63) is 82.9 Å². The normalized spacial score (nSPS) is 10.4. The Labute approximate surface area is 141 Å². The van der Waals surface area contributed by atoms with Gasteiger partial charge in [-0.25, -0.2) is 0 Å². The van der Waals surface area contributed by atoms with E-state index in [4.69, 9.17) is 0 Å². The summed E-state index contributed by atoms with van der Waals surface area (Å²) in [7, 11) is 0. The molecule has 0 N–H and O–H groups in total. The number of aryl methyl sites for hydroxylation is 2. The molecule has 3 rings (SSSR count). The van der Waals surface area contributed by atoms with Crippen molar-refractivity contribution in [2.24, 2.45) is 0 Å². The molecule has 3 aromatic rings. The van der Waals surface area contributed by atoms with Crippen LogP contribution in [0.5, 0.6) is 0 Å². The second kappa shape index (κ2) is 6.63. The van der Waals surface area contributed by atoms with E-state index in [9.17, 15) is 9.59 Å². The maximum Gasteiger partial charge on any atom is 0.150 e. The summed E-state index contributed by atoms with van der Waals surface area (Å²) in [4.78, 5) is 23.2. The number of rotatable bonds is 4. The van der Waals surface area contributed by atoms with Gasteiger partial charge in [-0.2, -0.15) is 0 Å². The molecule has 0 fully saturated rings. The third-order valence-corrected chi connectivity index (χ3v) is 4.20. The Balaban J connectivity index is 2.19. The minimum atomic E-state index is 0.583. The van der Waals surface area contributed by atoms with Crippen molar-refractivity contribution in [1.82, 2.24) is 0 Å². The van der Waals surface area contributed by atoms with E-state index in [1.807, 2.05) is 62.4 Å². The zero-order valence-electron chi connectivity index (χ0n) is 13.7. The molecule has 0 aliphatic rings. The van der Waals surface area contributed by atoms with Crippen LogP contribution in [0.25, 0.3) is 22.3 Å². The predicted octanol–water partition coefficient (Wildman–Crippen LogP) is 5.26. The topological polar surface area (TPSA) is 34.1 Å². The molecule has 0 amide bonds. The van der Waals surface area contributed by atoms with Crippen LogP contribution in [0, 0.1) is 13.8 Å². The van der Waals surface area contributed by atoms with Crippen LogP contribution in [0.2, 0.25) is 0 Å². The van der Waals surface area contributed by atoms with Gasteiger partial charge >= 0.3 is 0 Å². The number of hydrogen-bond donors (Lipinski definition) is 0. The van der Waals surface area contributed by atoms with Crippen LogP contribution in [-0.2, 0) is 0 Å². The van der Waals surface area contributed by atoms with Crippen LogP contribution in [0.15, 0.2) is 60.7 Å². The van der Waals surface area contributed by atoms with E-state index >= 15 is 0 Å². The Morgan fingerprint density at radius 3 is 1.21 bits per heavy atom. The molecule has 0 spiro atoms. The van der Waals surface area contributed by atoms with E-state index in [1.165, 1.54) is 0 Å². The van der Waals surface area contributed by atoms with Gasteiger partial charge in [0.05, 0.1) is 0 Å². The molecule has 24 heavy (non-hydrogen) atoms. The average Bonchev–Trinajstić information content (AvgIpc) is 2.62. The first-order valence-electron chi connectivity index (χ1n) is 7.85. The summed E-state index contributed by atoms with van der Waals surface area (Å²) in [5, 5.41) is 0. The van der Waals surface area contributed by atoms with Crippen LogP contribution >= 0.6 is 0 Å². The molecule has 0 saturated carbocycles. The van der Waals surface area contributed by atoms with Crippen molar-refractivity contribution in [3.8, 4) is 22.3 Å². The van der Waals surface area contributed by atoms with Gasteiger partial charge in [0.15, 0.2) is 12.6 Å². The highest BCUT2D eigenvalue weighted by atomic mass is 16.1. The first kappa shape index (κ1) is 15.9. The average molecular weight is 314 g/mol. The first-order valence-corrected chi connectivity index (χ1v) is 7.85. The zero-order chi connectivity index (χ0) is 17.1. The Kier molecular flexibility index (Phi) is 4.39. The molecule has 2 heteroatoms. The molecular weight excluding hydrogens is 296 g/mol. The lowest BCUT2D eigenvalue weighted by Gasteiger charge is -2.12. The monoisotopic (exact) mass is 314 g/mol. The standard InChI is InChI=1S/C22H18O2/c1-15-3-7-17(8-4-15)21-11-20(14-24)22(12-19(21)13-23)18-9-5-16(2)6-10-18/h3-14H,1-2H3. The Morgan fingerprint density at radius 2 is 0.917 bits per heavy atom. The number of benzene rings is 3. The third-order valence-electron chi connectivity index (χ3n) is 4.20. The van der Waals surface area contributed by atoms with Gasteiger partial charge < -0.3 is 0 Å². The van der Waals surface area contributed by atoms with E-state index in [0.717, 1.165) is 46.0 Å². The predicted molar refractivity (Wildman–Crippen MR) is 97.6 cm³/mol. The summed E-state index contributed by atoms with van der Waals surface area (Å²) in [6.45, 7) is 4.03. The van der Waals surface area contributed by atoms with Gasteiger partial charge in [-0.15, -0.1) is 0 Å². The molecule has 0 bridgehead atoms. The van der Waals surface area contributed by atoms with Crippen molar-refractivity contribution in [2.45, 2.75) is 13.8 Å². The zero-order valence-corrected chi connectivity index (χ0v) is 13.7. The minimum absolute atomic E-state index is 0.583. The Bertz CT molecular complexity index is 811. The molecule has 0 heterocycles. The summed E-state index contributed by atoms with van der Waals surface area (Å²) in [6.07, 6.45) is 1.70. The maximum atomic E-state index is 11.6. The van der Waals surface area contributed by atoms with Crippen molar-refractivity contribution >= 4 is 12.6 Å². The highest BCUT2D eigenvalue weighted by Gasteiger charge is 2.12. The fourth-order valence-electron chi connectivity index (χ4n) is 2.79. The minimum Gasteiger partial charge on any atom is -0.298 e. The summed E-state index contributed by atoms with van der Waals surface area (Å²) < 4.78 is 0. The van der Waals surface area contributed by atoms with E-state index in [0.29, 0.717) is 11.1 Å². The molecule has 0 unspecified atom stereocenters. The molecule has 0 atom stereocenters. The van der Waals surface area contributed by atoms with E-state index in [1.54, 1.807) is 12.1 Å². The molecule has 118 valence electrons. The van der Waals surface area contributed by atoms with Crippen molar-refractivity contribution in [1.29, 1.82) is 0 Å². The van der Waals surface area contributed by atoms with Crippen LogP contribution in [0.4, 0.5) is 0 Å². The van der Waals surface area contributed by atoms with Gasteiger partial charge in [0.2, 0.25) is 0 Å². The molecular formula is C22H18O2. The third kappa shape index (κ3) is 3.04. The van der Waals surface area contributed by atoms with Crippen LogP contribution in [0.1, 0.15) is 31.8 Å². The fraction of sp³-hybridized carbons (Fsp3) is 0.0909. The quantitative estimate of drug-likeness (QED) is 0.615. The van der Waals surface area contributed by atoms with Crippen molar-refractivity contribution < 1.29 is 9.59 Å². The van der Waals surface area contributed by atoms with Gasteiger partial charge in [-0.05, 0) is 48.2 Å². The van der Waals surface area contributed by atoms with Gasteiger partial charge in [0, 0.05) is 11.1 Å². The molecule has 0 aliphatic carbocycles. The number of aldehydes is 2. The number of carbonyl (C=O) groups excluding carboxylic acids is 2. The first-order chi connectivity index (χ1) is 11.6. The largest absolute Gasteiger partial charge is 0.298 e. The van der Waals surface area contributed by atoms with Crippen molar-refractivity contribution in [2.75, 3.05) is 0 Å². The summed E-state index contributed by atoms with van der Waals surface area (Å²) >= 11 is 0. The highest BCUT2D eigenvalue weighted by Crippen LogP contribution is 2.31. The Morgan fingerprint density at radius 1 is 0.583 bits per heavy atom. The summed E-state index contributed by atoms with van der Waals surface area (Å²) in [6, 6.07) is 19.5. The SMILES string of the molecule is Cc1ccc(-c2cc(C=O)c(-c3ccc(C)cc3)cc2C=O)cc1.